The molecule has 6 nitrogen and oxygen atoms in total. The zero-order chi connectivity index (χ0) is 16.0. The number of allylic oxidation sites excluding steroid dienone is 1. The number of hydrogen-bond donors (Lipinski definition) is 2. The molecular weight excluding hydrogens is 302 g/mol. The summed E-state index contributed by atoms with van der Waals surface area (Å²) in [6, 6.07) is -0.0823. The third kappa shape index (κ3) is 5.61. The Morgan fingerprint density at radius 1 is 1.32 bits per heavy atom. The molecule has 126 valence electrons. The predicted octanol–water partition coefficient (Wildman–Crippen LogP) is 1.60. The Hall–Kier alpha value is -1.08. The molecule has 0 aromatic carbocycles. The van der Waals surface area contributed by atoms with E-state index in [1.54, 1.807) is 0 Å². The van der Waals surface area contributed by atoms with Crippen LogP contribution >= 0.6 is 0 Å². The monoisotopic (exact) mass is 329 g/mol. The topological polar surface area (TPSA) is 78.5 Å². The van der Waals surface area contributed by atoms with Crippen LogP contribution in [-0.4, -0.2) is 50.7 Å². The molecular formula is C15H27N3O3S. The third-order valence-corrected chi connectivity index (χ3v) is 5.68. The van der Waals surface area contributed by atoms with Crippen LogP contribution in [0.2, 0.25) is 0 Å². The summed E-state index contributed by atoms with van der Waals surface area (Å²) in [6.07, 6.45) is 10.7. The number of piperidine rings is 1. The van der Waals surface area contributed by atoms with Crippen LogP contribution < -0.4 is 10.6 Å². The number of carbonyl (C=O) groups is 1. The minimum absolute atomic E-state index is 0.0619. The summed E-state index contributed by atoms with van der Waals surface area (Å²) in [5.74, 6) is 0. The maximum absolute atomic E-state index is 11.9. The summed E-state index contributed by atoms with van der Waals surface area (Å²) in [7, 11) is -3.11. The zero-order valence-electron chi connectivity index (χ0n) is 13.3. The lowest BCUT2D eigenvalue weighted by atomic mass is 9.97. The van der Waals surface area contributed by atoms with Gasteiger partial charge < -0.3 is 10.6 Å². The largest absolute Gasteiger partial charge is 0.338 e. The number of urea groups is 1. The van der Waals surface area contributed by atoms with E-state index in [1.165, 1.54) is 35.4 Å². The Bertz CT molecular complexity index is 508. The standard InChI is InChI=1S/C15H27N3O3S/c1-22(20,21)18-11-8-14(9-12-18)17-15(19)16-10-7-13-5-3-2-4-6-13/h5,14H,2-4,6-12H2,1H3,(H2,16,17,19). The molecule has 0 saturated carbocycles. The second-order valence-electron chi connectivity index (χ2n) is 6.19. The van der Waals surface area contributed by atoms with Gasteiger partial charge in [0, 0.05) is 25.7 Å². The SMILES string of the molecule is CS(=O)(=O)N1CCC(NC(=O)NCCC2=CCCCC2)CC1. The second-order valence-corrected chi connectivity index (χ2v) is 8.18. The number of carbonyl (C=O) groups excluding carboxylic acids is 1. The minimum Gasteiger partial charge on any atom is -0.338 e. The first-order chi connectivity index (χ1) is 10.4. The van der Waals surface area contributed by atoms with Gasteiger partial charge in [0.2, 0.25) is 10.0 Å². The summed E-state index contributed by atoms with van der Waals surface area (Å²) in [5, 5.41) is 5.83. The van der Waals surface area contributed by atoms with Crippen molar-refractivity contribution in [2.24, 2.45) is 0 Å². The van der Waals surface area contributed by atoms with Crippen LogP contribution in [0.25, 0.3) is 0 Å². The molecule has 0 aromatic heterocycles. The first-order valence-electron chi connectivity index (χ1n) is 8.12. The highest BCUT2D eigenvalue weighted by atomic mass is 32.2. The van der Waals surface area contributed by atoms with Crippen molar-refractivity contribution in [3.05, 3.63) is 11.6 Å². The molecule has 1 heterocycles. The first-order valence-corrected chi connectivity index (χ1v) is 9.97. The van der Waals surface area contributed by atoms with Crippen molar-refractivity contribution in [2.75, 3.05) is 25.9 Å². The number of nitrogens with one attached hydrogen (secondary N) is 2. The Morgan fingerprint density at radius 3 is 2.64 bits per heavy atom. The van der Waals surface area contributed by atoms with Crippen LogP contribution in [-0.2, 0) is 10.0 Å². The van der Waals surface area contributed by atoms with Gasteiger partial charge in [0.25, 0.3) is 0 Å². The molecule has 1 aliphatic heterocycles. The number of hydrogen-bond acceptors (Lipinski definition) is 3. The van der Waals surface area contributed by atoms with Crippen LogP contribution in [0, 0.1) is 0 Å². The smallest absolute Gasteiger partial charge is 0.315 e. The van der Waals surface area contributed by atoms with E-state index in [4.69, 9.17) is 0 Å². The average molecular weight is 329 g/mol. The number of sulfonamides is 1. The molecule has 2 amide bonds. The molecule has 1 fully saturated rings. The Balaban J connectivity index is 1.62. The molecule has 2 aliphatic rings. The van der Waals surface area contributed by atoms with Gasteiger partial charge in [-0.2, -0.15) is 0 Å². The van der Waals surface area contributed by atoms with Gasteiger partial charge >= 0.3 is 6.03 Å². The van der Waals surface area contributed by atoms with Gasteiger partial charge in [-0.05, 0) is 44.9 Å². The van der Waals surface area contributed by atoms with E-state index in [1.807, 2.05) is 0 Å². The summed E-state index contributed by atoms with van der Waals surface area (Å²) < 4.78 is 24.3. The van der Waals surface area contributed by atoms with Crippen molar-refractivity contribution >= 4 is 16.1 Å². The van der Waals surface area contributed by atoms with Gasteiger partial charge in [-0.25, -0.2) is 17.5 Å². The molecule has 2 N–H and O–H groups in total. The lowest BCUT2D eigenvalue weighted by molar-refractivity contribution is 0.228. The molecule has 2 rings (SSSR count). The summed E-state index contributed by atoms with van der Waals surface area (Å²) in [6.45, 7) is 1.63. The highest BCUT2D eigenvalue weighted by Gasteiger charge is 2.25. The Morgan fingerprint density at radius 2 is 2.05 bits per heavy atom. The van der Waals surface area contributed by atoms with E-state index in [9.17, 15) is 13.2 Å². The quantitative estimate of drug-likeness (QED) is 0.752. The molecule has 0 aromatic rings. The fourth-order valence-corrected chi connectivity index (χ4v) is 3.91. The molecule has 7 heteroatoms. The molecule has 1 saturated heterocycles. The Labute approximate surface area is 133 Å². The normalized spacial score (nSPS) is 21.2. The first kappa shape index (κ1) is 17.3. The Kier molecular flexibility index (Phi) is 6.26. The highest BCUT2D eigenvalue weighted by Crippen LogP contribution is 2.19. The van der Waals surface area contributed by atoms with Gasteiger partial charge in [-0.1, -0.05) is 11.6 Å². The van der Waals surface area contributed by atoms with Crippen LogP contribution in [0.4, 0.5) is 4.79 Å². The molecule has 0 bridgehead atoms. The van der Waals surface area contributed by atoms with Gasteiger partial charge in [0.15, 0.2) is 0 Å². The summed E-state index contributed by atoms with van der Waals surface area (Å²) in [4.78, 5) is 11.9. The third-order valence-electron chi connectivity index (χ3n) is 4.37. The van der Waals surface area contributed by atoms with Gasteiger partial charge in [-0.3, -0.25) is 0 Å². The van der Waals surface area contributed by atoms with Crippen molar-refractivity contribution in [3.63, 3.8) is 0 Å². The van der Waals surface area contributed by atoms with E-state index in [0.29, 0.717) is 32.5 Å². The maximum atomic E-state index is 11.9. The van der Waals surface area contributed by atoms with E-state index in [2.05, 4.69) is 16.7 Å². The van der Waals surface area contributed by atoms with Crippen molar-refractivity contribution in [3.8, 4) is 0 Å². The molecule has 1 aliphatic carbocycles. The van der Waals surface area contributed by atoms with E-state index in [0.717, 1.165) is 12.8 Å². The molecule has 0 spiro atoms. The van der Waals surface area contributed by atoms with Crippen LogP contribution in [0.15, 0.2) is 11.6 Å². The fraction of sp³-hybridized carbons (Fsp3) is 0.800. The predicted molar refractivity (Wildman–Crippen MR) is 87.1 cm³/mol. The summed E-state index contributed by atoms with van der Waals surface area (Å²) in [5.41, 5.74) is 1.45. The van der Waals surface area contributed by atoms with Crippen molar-refractivity contribution in [1.82, 2.24) is 14.9 Å². The van der Waals surface area contributed by atoms with Crippen molar-refractivity contribution < 1.29 is 13.2 Å². The molecule has 0 atom stereocenters. The van der Waals surface area contributed by atoms with Crippen molar-refractivity contribution in [2.45, 2.75) is 51.0 Å². The fourth-order valence-electron chi connectivity index (χ4n) is 3.04. The summed E-state index contributed by atoms with van der Waals surface area (Å²) >= 11 is 0. The minimum atomic E-state index is -3.11. The van der Waals surface area contributed by atoms with Crippen LogP contribution in [0.5, 0.6) is 0 Å². The number of nitrogens with zero attached hydrogens (tertiary/aromatic N) is 1. The van der Waals surface area contributed by atoms with Gasteiger partial charge in [0.1, 0.15) is 0 Å². The maximum Gasteiger partial charge on any atom is 0.315 e. The lowest BCUT2D eigenvalue weighted by Crippen LogP contribution is -2.49. The zero-order valence-corrected chi connectivity index (χ0v) is 14.1. The van der Waals surface area contributed by atoms with Crippen molar-refractivity contribution in [1.29, 1.82) is 0 Å². The highest BCUT2D eigenvalue weighted by molar-refractivity contribution is 7.88. The molecule has 22 heavy (non-hydrogen) atoms. The number of rotatable bonds is 5. The second kappa shape index (κ2) is 7.97. The van der Waals surface area contributed by atoms with Crippen LogP contribution in [0.1, 0.15) is 44.9 Å². The number of amides is 2. The molecule has 0 unspecified atom stereocenters. The lowest BCUT2D eigenvalue weighted by Gasteiger charge is -2.30. The van der Waals surface area contributed by atoms with E-state index in [-0.39, 0.29) is 12.1 Å². The average Bonchev–Trinajstić information content (AvgIpc) is 2.48. The van der Waals surface area contributed by atoms with E-state index >= 15 is 0 Å². The van der Waals surface area contributed by atoms with E-state index < -0.39 is 10.0 Å². The van der Waals surface area contributed by atoms with Gasteiger partial charge in [-0.15, -0.1) is 0 Å². The van der Waals surface area contributed by atoms with Gasteiger partial charge in [0.05, 0.1) is 6.26 Å². The molecule has 0 radical (unpaired) electrons. The van der Waals surface area contributed by atoms with Crippen LogP contribution in [0.3, 0.4) is 0 Å².